The van der Waals surface area contributed by atoms with E-state index in [1.54, 1.807) is 23.9 Å². The monoisotopic (exact) mass is 338 g/mol. The smallest absolute Gasteiger partial charge is 0.433 e. The van der Waals surface area contributed by atoms with E-state index in [0.717, 1.165) is 9.32 Å². The van der Waals surface area contributed by atoms with E-state index in [2.05, 4.69) is 22.6 Å². The molecular formula is C10H11IO3S. The van der Waals surface area contributed by atoms with Crippen molar-refractivity contribution >= 4 is 40.5 Å². The summed E-state index contributed by atoms with van der Waals surface area (Å²) in [4.78, 5) is 12.2. The first-order chi connectivity index (χ1) is 7.26. The molecule has 1 rings (SSSR count). The normalized spacial score (nSPS) is 9.73. The van der Waals surface area contributed by atoms with Crippen LogP contribution in [0.25, 0.3) is 0 Å². The maximum Gasteiger partial charge on any atom is 0.513 e. The summed E-state index contributed by atoms with van der Waals surface area (Å²) in [6.45, 7) is 0.377. The van der Waals surface area contributed by atoms with Gasteiger partial charge in [0.25, 0.3) is 0 Å². The number of rotatable bonds is 4. The number of ether oxygens (including phenoxy) is 2. The van der Waals surface area contributed by atoms with Gasteiger partial charge in [-0.3, -0.25) is 0 Å². The Hall–Kier alpha value is -0.430. The van der Waals surface area contributed by atoms with E-state index in [1.165, 1.54) is 0 Å². The molecule has 0 amide bonds. The summed E-state index contributed by atoms with van der Waals surface area (Å²) < 4.78 is 10.5. The third kappa shape index (κ3) is 4.74. The number of benzene rings is 1. The van der Waals surface area contributed by atoms with Crippen molar-refractivity contribution in [3.63, 3.8) is 0 Å². The molecule has 82 valence electrons. The molecule has 15 heavy (non-hydrogen) atoms. The second-order valence-corrected chi connectivity index (χ2v) is 4.52. The molecule has 0 fully saturated rings. The van der Waals surface area contributed by atoms with Gasteiger partial charge in [0.05, 0.1) is 0 Å². The zero-order valence-electron chi connectivity index (χ0n) is 8.23. The van der Waals surface area contributed by atoms with Crippen molar-refractivity contribution in [1.82, 2.24) is 0 Å². The summed E-state index contributed by atoms with van der Waals surface area (Å²) in [5.74, 6) is 0.506. The van der Waals surface area contributed by atoms with Gasteiger partial charge in [-0.1, -0.05) is 22.6 Å². The van der Waals surface area contributed by atoms with Crippen molar-refractivity contribution in [2.75, 3.05) is 17.3 Å². The van der Waals surface area contributed by atoms with Gasteiger partial charge in [0.1, 0.15) is 12.4 Å². The van der Waals surface area contributed by atoms with Crippen LogP contribution in [0.2, 0.25) is 0 Å². The van der Waals surface area contributed by atoms with Crippen molar-refractivity contribution in [1.29, 1.82) is 0 Å². The molecule has 0 N–H and O–H groups in total. The van der Waals surface area contributed by atoms with Crippen molar-refractivity contribution in [3.05, 3.63) is 24.3 Å². The van der Waals surface area contributed by atoms with Crippen LogP contribution in [-0.2, 0) is 4.74 Å². The molecule has 0 spiro atoms. The SMILES string of the molecule is CSc1ccc(OC(=O)OCCI)cc1. The molecule has 1 aromatic rings. The summed E-state index contributed by atoms with van der Waals surface area (Å²) in [5.41, 5.74) is 0. The van der Waals surface area contributed by atoms with Gasteiger partial charge >= 0.3 is 6.16 Å². The van der Waals surface area contributed by atoms with Gasteiger partial charge < -0.3 is 9.47 Å². The van der Waals surface area contributed by atoms with Gasteiger partial charge in [0.2, 0.25) is 0 Å². The van der Waals surface area contributed by atoms with Gasteiger partial charge in [0, 0.05) is 9.32 Å². The number of halogens is 1. The lowest BCUT2D eigenvalue weighted by Crippen LogP contribution is -2.11. The third-order valence-corrected chi connectivity index (χ3v) is 2.74. The molecule has 3 nitrogen and oxygen atoms in total. The predicted molar refractivity (Wildman–Crippen MR) is 69.1 cm³/mol. The molecule has 0 heterocycles. The Balaban J connectivity index is 2.46. The molecule has 0 saturated carbocycles. The Kier molecular flexibility index (Phi) is 5.85. The fourth-order valence-electron chi connectivity index (χ4n) is 0.891. The second-order valence-electron chi connectivity index (χ2n) is 2.57. The molecule has 0 aliphatic heterocycles. The van der Waals surface area contributed by atoms with Gasteiger partial charge in [-0.05, 0) is 30.5 Å². The minimum absolute atomic E-state index is 0.377. The van der Waals surface area contributed by atoms with Crippen LogP contribution in [0.5, 0.6) is 5.75 Å². The standard InChI is InChI=1S/C10H11IO3S/c1-15-9-4-2-8(3-5-9)14-10(12)13-7-6-11/h2-5H,6-7H2,1H3. The van der Waals surface area contributed by atoms with Crippen molar-refractivity contribution in [3.8, 4) is 5.75 Å². The summed E-state index contributed by atoms with van der Waals surface area (Å²) in [5, 5.41) is 0. The Morgan fingerprint density at radius 2 is 2.07 bits per heavy atom. The molecule has 0 saturated heterocycles. The average Bonchev–Trinajstić information content (AvgIpc) is 2.27. The van der Waals surface area contributed by atoms with E-state index in [-0.39, 0.29) is 0 Å². The second kappa shape index (κ2) is 6.95. The van der Waals surface area contributed by atoms with Crippen LogP contribution in [0.3, 0.4) is 0 Å². The molecule has 5 heteroatoms. The van der Waals surface area contributed by atoms with Crippen LogP contribution in [0.1, 0.15) is 0 Å². The van der Waals surface area contributed by atoms with E-state index in [9.17, 15) is 4.79 Å². The minimum atomic E-state index is -0.649. The summed E-state index contributed by atoms with van der Waals surface area (Å²) in [6.07, 6.45) is 1.34. The van der Waals surface area contributed by atoms with Crippen LogP contribution in [-0.4, -0.2) is 23.4 Å². The molecule has 0 radical (unpaired) electrons. The quantitative estimate of drug-likeness (QED) is 0.277. The third-order valence-electron chi connectivity index (χ3n) is 1.56. The van der Waals surface area contributed by atoms with Gasteiger partial charge in [-0.25, -0.2) is 4.79 Å². The zero-order chi connectivity index (χ0) is 11.1. The number of carbonyl (C=O) groups excluding carboxylic acids is 1. The highest BCUT2D eigenvalue weighted by molar-refractivity contribution is 14.1. The van der Waals surface area contributed by atoms with Crippen LogP contribution in [0.4, 0.5) is 4.79 Å². The molecule has 0 aromatic heterocycles. The molecule has 0 aliphatic rings. The van der Waals surface area contributed by atoms with Crippen LogP contribution < -0.4 is 4.74 Å². The van der Waals surface area contributed by atoms with E-state index in [1.807, 2.05) is 18.4 Å². The largest absolute Gasteiger partial charge is 0.513 e. The summed E-state index contributed by atoms with van der Waals surface area (Å²) in [6, 6.07) is 7.28. The highest BCUT2D eigenvalue weighted by atomic mass is 127. The fourth-order valence-corrected chi connectivity index (χ4v) is 1.52. The number of hydrogen-bond acceptors (Lipinski definition) is 4. The Bertz CT molecular complexity index is 313. The maximum absolute atomic E-state index is 11.1. The lowest BCUT2D eigenvalue weighted by atomic mass is 10.3. The van der Waals surface area contributed by atoms with Gasteiger partial charge in [-0.2, -0.15) is 0 Å². The first-order valence-electron chi connectivity index (χ1n) is 4.31. The molecule has 0 unspecified atom stereocenters. The fraction of sp³-hybridized carbons (Fsp3) is 0.300. The topological polar surface area (TPSA) is 35.5 Å². The molecule has 0 bridgehead atoms. The Morgan fingerprint density at radius 3 is 2.60 bits per heavy atom. The molecule has 0 atom stereocenters. The van der Waals surface area contributed by atoms with E-state index in [4.69, 9.17) is 9.47 Å². The van der Waals surface area contributed by atoms with Crippen LogP contribution in [0.15, 0.2) is 29.2 Å². The molecule has 1 aromatic carbocycles. The van der Waals surface area contributed by atoms with Crippen molar-refractivity contribution in [2.24, 2.45) is 0 Å². The minimum Gasteiger partial charge on any atom is -0.433 e. The Morgan fingerprint density at radius 1 is 1.40 bits per heavy atom. The average molecular weight is 338 g/mol. The maximum atomic E-state index is 11.1. The first-order valence-corrected chi connectivity index (χ1v) is 7.06. The molecular weight excluding hydrogens is 327 g/mol. The lowest BCUT2D eigenvalue weighted by molar-refractivity contribution is 0.106. The highest BCUT2D eigenvalue weighted by Crippen LogP contribution is 2.19. The van der Waals surface area contributed by atoms with Gasteiger partial charge in [0.15, 0.2) is 0 Å². The predicted octanol–water partition coefficient (Wildman–Crippen LogP) is 3.36. The van der Waals surface area contributed by atoms with Crippen molar-refractivity contribution < 1.29 is 14.3 Å². The van der Waals surface area contributed by atoms with Crippen LogP contribution >= 0.6 is 34.4 Å². The number of thioether (sulfide) groups is 1. The molecule has 0 aliphatic carbocycles. The Labute approximate surface area is 107 Å². The summed E-state index contributed by atoms with van der Waals surface area (Å²) >= 11 is 3.76. The van der Waals surface area contributed by atoms with E-state index >= 15 is 0 Å². The number of alkyl halides is 1. The first kappa shape index (κ1) is 12.6. The zero-order valence-corrected chi connectivity index (χ0v) is 11.2. The van der Waals surface area contributed by atoms with Crippen molar-refractivity contribution in [2.45, 2.75) is 4.90 Å². The van der Waals surface area contributed by atoms with E-state index in [0.29, 0.717) is 12.4 Å². The highest BCUT2D eigenvalue weighted by Gasteiger charge is 2.04. The van der Waals surface area contributed by atoms with Gasteiger partial charge in [-0.15, -0.1) is 11.8 Å². The van der Waals surface area contributed by atoms with E-state index < -0.39 is 6.16 Å². The number of hydrogen-bond donors (Lipinski definition) is 0. The lowest BCUT2D eigenvalue weighted by Gasteiger charge is -2.04. The number of carbonyl (C=O) groups is 1. The summed E-state index contributed by atoms with van der Waals surface area (Å²) in [7, 11) is 0. The van der Waals surface area contributed by atoms with Crippen LogP contribution in [0, 0.1) is 0 Å².